The van der Waals surface area contributed by atoms with E-state index in [-0.39, 0.29) is 0 Å². The van der Waals surface area contributed by atoms with Crippen molar-refractivity contribution in [2.75, 3.05) is 25.5 Å². The highest BCUT2D eigenvalue weighted by atomic mass is 35.5. The van der Waals surface area contributed by atoms with E-state index in [2.05, 4.69) is 4.90 Å². The molecule has 2 aliphatic heterocycles. The van der Waals surface area contributed by atoms with E-state index in [0.29, 0.717) is 0 Å². The van der Waals surface area contributed by atoms with Crippen LogP contribution in [0, 0.1) is 11.8 Å². The van der Waals surface area contributed by atoms with Crippen LogP contribution in [0.15, 0.2) is 0 Å². The fourth-order valence-corrected chi connectivity index (χ4v) is 2.99. The molecule has 3 rings (SSSR count). The van der Waals surface area contributed by atoms with Crippen LogP contribution in [0.4, 0.5) is 0 Å². The third kappa shape index (κ3) is 2.60. The maximum Gasteiger partial charge on any atom is 0.0235 e. The van der Waals surface area contributed by atoms with Crippen molar-refractivity contribution < 1.29 is 0 Å². The van der Waals surface area contributed by atoms with E-state index in [1.54, 1.807) is 0 Å². The van der Waals surface area contributed by atoms with E-state index < -0.39 is 0 Å². The number of rotatable bonds is 3. The second-order valence-electron chi connectivity index (χ2n) is 4.69. The Morgan fingerprint density at radius 3 is 2.00 bits per heavy atom. The number of fused-ring (bicyclic) bond motifs is 4. The molecule has 1 aliphatic carbocycles. The SMILES string of the molecule is ClCCCN1CC2CCC(CC2)C1. The highest BCUT2D eigenvalue weighted by Crippen LogP contribution is 2.33. The molecule has 1 nitrogen and oxygen atoms in total. The Balaban J connectivity index is 1.84. The molecule has 0 aromatic carbocycles. The molecule has 2 saturated heterocycles. The predicted octanol–water partition coefficient (Wildman–Crippen LogP) is 2.74. The highest BCUT2D eigenvalue weighted by Gasteiger charge is 2.28. The van der Waals surface area contributed by atoms with Crippen molar-refractivity contribution in [2.45, 2.75) is 32.1 Å². The second-order valence-corrected chi connectivity index (χ2v) is 5.07. The van der Waals surface area contributed by atoms with Gasteiger partial charge in [0, 0.05) is 19.0 Å². The fraction of sp³-hybridized carbons (Fsp3) is 1.00. The van der Waals surface area contributed by atoms with Crippen molar-refractivity contribution in [3.05, 3.63) is 0 Å². The van der Waals surface area contributed by atoms with E-state index in [4.69, 9.17) is 11.6 Å². The minimum atomic E-state index is 0.825. The first-order valence-corrected chi connectivity index (χ1v) is 6.20. The average molecular weight is 202 g/mol. The Morgan fingerprint density at radius 2 is 1.54 bits per heavy atom. The van der Waals surface area contributed by atoms with Crippen LogP contribution >= 0.6 is 11.6 Å². The molecule has 0 amide bonds. The monoisotopic (exact) mass is 201 g/mol. The zero-order chi connectivity index (χ0) is 9.10. The van der Waals surface area contributed by atoms with Gasteiger partial charge in [-0.1, -0.05) is 0 Å². The number of hydrogen-bond acceptors (Lipinski definition) is 1. The van der Waals surface area contributed by atoms with Gasteiger partial charge < -0.3 is 4.90 Å². The minimum Gasteiger partial charge on any atom is -0.303 e. The molecular formula is C11H20ClN. The molecule has 2 heterocycles. The third-order valence-electron chi connectivity index (χ3n) is 3.61. The van der Waals surface area contributed by atoms with Gasteiger partial charge in [-0.2, -0.15) is 0 Å². The van der Waals surface area contributed by atoms with Gasteiger partial charge in [0.2, 0.25) is 0 Å². The smallest absolute Gasteiger partial charge is 0.0235 e. The van der Waals surface area contributed by atoms with Crippen molar-refractivity contribution in [1.29, 1.82) is 0 Å². The zero-order valence-electron chi connectivity index (χ0n) is 8.34. The molecule has 0 unspecified atom stereocenters. The summed E-state index contributed by atoms with van der Waals surface area (Å²) >= 11 is 5.72. The lowest BCUT2D eigenvalue weighted by atomic mass is 9.84. The van der Waals surface area contributed by atoms with Gasteiger partial charge in [0.1, 0.15) is 0 Å². The Morgan fingerprint density at radius 1 is 1.00 bits per heavy atom. The van der Waals surface area contributed by atoms with Crippen LogP contribution in [-0.2, 0) is 0 Å². The Bertz CT molecular complexity index is 138. The minimum absolute atomic E-state index is 0.825. The summed E-state index contributed by atoms with van der Waals surface area (Å²) in [5.74, 6) is 2.84. The van der Waals surface area contributed by atoms with Crippen LogP contribution in [0.1, 0.15) is 32.1 Å². The van der Waals surface area contributed by atoms with Crippen LogP contribution in [-0.4, -0.2) is 30.4 Å². The standard InChI is InChI=1S/C11H20ClN/c12-6-1-7-13-8-10-2-3-11(9-13)5-4-10/h10-11H,1-9H2. The van der Waals surface area contributed by atoms with Crippen molar-refractivity contribution in [3.63, 3.8) is 0 Å². The average Bonchev–Trinajstić information content (AvgIpc) is 2.46. The molecule has 3 fully saturated rings. The quantitative estimate of drug-likeness (QED) is 0.635. The third-order valence-corrected chi connectivity index (χ3v) is 3.87. The first-order chi connectivity index (χ1) is 6.38. The summed E-state index contributed by atoms with van der Waals surface area (Å²) in [5, 5.41) is 0. The number of halogens is 1. The zero-order valence-corrected chi connectivity index (χ0v) is 9.10. The molecule has 2 bridgehead atoms. The Hall–Kier alpha value is 0.250. The normalized spacial score (nSPS) is 34.8. The van der Waals surface area contributed by atoms with Crippen molar-refractivity contribution in [1.82, 2.24) is 4.90 Å². The molecule has 1 saturated carbocycles. The summed E-state index contributed by atoms with van der Waals surface area (Å²) in [6.07, 6.45) is 7.12. The van der Waals surface area contributed by atoms with Crippen molar-refractivity contribution in [3.8, 4) is 0 Å². The van der Waals surface area contributed by atoms with Crippen LogP contribution in [0.5, 0.6) is 0 Å². The molecule has 2 heteroatoms. The summed E-state index contributed by atoms with van der Waals surface area (Å²) < 4.78 is 0. The molecule has 3 aliphatic rings. The maximum absolute atomic E-state index is 5.72. The van der Waals surface area contributed by atoms with Crippen molar-refractivity contribution >= 4 is 11.6 Å². The Kier molecular flexibility index (Phi) is 3.51. The van der Waals surface area contributed by atoms with Crippen molar-refractivity contribution in [2.24, 2.45) is 11.8 Å². The van der Waals surface area contributed by atoms with E-state index in [9.17, 15) is 0 Å². The fourth-order valence-electron chi connectivity index (χ4n) is 2.87. The first kappa shape index (κ1) is 9.79. The van der Waals surface area contributed by atoms with Gasteiger partial charge in [-0.3, -0.25) is 0 Å². The molecule has 76 valence electrons. The van der Waals surface area contributed by atoms with Crippen LogP contribution < -0.4 is 0 Å². The maximum atomic E-state index is 5.72. The number of nitrogens with zero attached hydrogens (tertiary/aromatic N) is 1. The number of hydrogen-bond donors (Lipinski definition) is 0. The van der Waals surface area contributed by atoms with Crippen LogP contribution in [0.3, 0.4) is 0 Å². The van der Waals surface area contributed by atoms with E-state index in [0.717, 1.165) is 17.7 Å². The topological polar surface area (TPSA) is 3.24 Å². The van der Waals surface area contributed by atoms with E-state index >= 15 is 0 Å². The van der Waals surface area contributed by atoms with Crippen LogP contribution in [0.2, 0.25) is 0 Å². The molecule has 0 spiro atoms. The lowest BCUT2D eigenvalue weighted by Crippen LogP contribution is -2.29. The van der Waals surface area contributed by atoms with Gasteiger partial charge in [0.15, 0.2) is 0 Å². The predicted molar refractivity (Wildman–Crippen MR) is 57.2 cm³/mol. The summed E-state index contributed by atoms with van der Waals surface area (Å²) in [6, 6.07) is 0. The van der Waals surface area contributed by atoms with Gasteiger partial charge in [-0.15, -0.1) is 11.6 Å². The highest BCUT2D eigenvalue weighted by molar-refractivity contribution is 6.17. The molecule has 0 aromatic rings. The number of alkyl halides is 1. The van der Waals surface area contributed by atoms with Gasteiger partial charge in [0.25, 0.3) is 0 Å². The molecular weight excluding hydrogens is 182 g/mol. The van der Waals surface area contributed by atoms with Gasteiger partial charge in [0.05, 0.1) is 0 Å². The molecule has 0 radical (unpaired) electrons. The lowest BCUT2D eigenvalue weighted by molar-refractivity contribution is 0.253. The second kappa shape index (κ2) is 4.65. The van der Waals surface area contributed by atoms with Gasteiger partial charge in [-0.25, -0.2) is 0 Å². The molecule has 0 N–H and O–H groups in total. The molecule has 0 atom stereocenters. The first-order valence-electron chi connectivity index (χ1n) is 5.67. The summed E-state index contributed by atoms with van der Waals surface area (Å²) in [4.78, 5) is 2.65. The van der Waals surface area contributed by atoms with Crippen LogP contribution in [0.25, 0.3) is 0 Å². The molecule has 0 aromatic heterocycles. The molecule has 13 heavy (non-hydrogen) atoms. The van der Waals surface area contributed by atoms with Gasteiger partial charge >= 0.3 is 0 Å². The van der Waals surface area contributed by atoms with Gasteiger partial charge in [-0.05, 0) is 50.5 Å². The van der Waals surface area contributed by atoms with E-state index in [1.165, 1.54) is 51.7 Å². The Labute approximate surface area is 86.4 Å². The summed E-state index contributed by atoms with van der Waals surface area (Å²) in [7, 11) is 0. The van der Waals surface area contributed by atoms with E-state index in [1.807, 2.05) is 0 Å². The lowest BCUT2D eigenvalue weighted by Gasteiger charge is -2.21. The summed E-state index contributed by atoms with van der Waals surface area (Å²) in [6.45, 7) is 3.94. The largest absolute Gasteiger partial charge is 0.303 e. The summed E-state index contributed by atoms with van der Waals surface area (Å²) in [5.41, 5.74) is 0.